The molecule has 0 saturated heterocycles. The first kappa shape index (κ1) is 15.9. The third kappa shape index (κ3) is 3.88. The number of nitrogens with zero attached hydrogens (tertiary/aromatic N) is 1. The first-order chi connectivity index (χ1) is 11.6. The molecule has 24 heavy (non-hydrogen) atoms. The van der Waals surface area contributed by atoms with Gasteiger partial charge in [0.2, 0.25) is 0 Å². The van der Waals surface area contributed by atoms with Gasteiger partial charge in [-0.25, -0.2) is 4.98 Å². The lowest BCUT2D eigenvalue weighted by molar-refractivity contribution is 0.0953. The number of carbonyl (C=O) groups excluding carboxylic acids is 2. The number of thiophene rings is 1. The Labute approximate surface area is 142 Å². The highest BCUT2D eigenvalue weighted by atomic mass is 32.1. The van der Waals surface area contributed by atoms with Crippen LogP contribution in [0.25, 0.3) is 0 Å². The van der Waals surface area contributed by atoms with Crippen LogP contribution in [0.1, 0.15) is 31.4 Å². The topological polar surface area (TPSA) is 84.2 Å². The van der Waals surface area contributed by atoms with E-state index in [1.165, 1.54) is 17.5 Å². The highest BCUT2D eigenvalue weighted by Gasteiger charge is 2.10. The molecule has 1 aromatic carbocycles. The lowest BCUT2D eigenvalue weighted by Gasteiger charge is -2.05. The molecule has 0 aliphatic carbocycles. The zero-order valence-corrected chi connectivity index (χ0v) is 13.7. The number of aryl methyl sites for hydroxylation is 1. The lowest BCUT2D eigenvalue weighted by atomic mass is 10.1. The molecule has 6 nitrogen and oxygen atoms in total. The molecule has 0 spiro atoms. The maximum Gasteiger partial charge on any atom is 0.301 e. The summed E-state index contributed by atoms with van der Waals surface area (Å²) < 4.78 is 5.21. The van der Waals surface area contributed by atoms with Gasteiger partial charge in [-0.3, -0.25) is 14.9 Å². The van der Waals surface area contributed by atoms with E-state index in [9.17, 15) is 9.59 Å². The molecule has 7 heteroatoms. The predicted molar refractivity (Wildman–Crippen MR) is 91.1 cm³/mol. The molecule has 0 atom stereocenters. The first-order valence-electron chi connectivity index (χ1n) is 7.26. The molecule has 0 aliphatic heterocycles. The van der Waals surface area contributed by atoms with E-state index in [4.69, 9.17) is 4.42 Å². The number of carbonyl (C=O) groups is 2. The van der Waals surface area contributed by atoms with Crippen LogP contribution >= 0.6 is 11.3 Å². The molecule has 0 unspecified atom stereocenters. The van der Waals surface area contributed by atoms with E-state index in [-0.39, 0.29) is 17.8 Å². The molecule has 2 amide bonds. The van der Waals surface area contributed by atoms with Crippen molar-refractivity contribution < 1.29 is 14.0 Å². The molecule has 2 aromatic heterocycles. The summed E-state index contributed by atoms with van der Waals surface area (Å²) >= 11 is 1.40. The Morgan fingerprint density at radius 2 is 1.96 bits per heavy atom. The van der Waals surface area contributed by atoms with E-state index in [1.54, 1.807) is 37.3 Å². The molecule has 2 N–H and O–H groups in total. The second-order valence-electron chi connectivity index (χ2n) is 5.09. The van der Waals surface area contributed by atoms with Crippen molar-refractivity contribution in [1.29, 1.82) is 0 Å². The van der Waals surface area contributed by atoms with Gasteiger partial charge in [-0.2, -0.15) is 0 Å². The minimum Gasteiger partial charge on any atom is -0.429 e. The molecule has 0 fully saturated rings. The van der Waals surface area contributed by atoms with Crippen LogP contribution in [0.2, 0.25) is 0 Å². The summed E-state index contributed by atoms with van der Waals surface area (Å²) in [5.41, 5.74) is 1.39. The minimum absolute atomic E-state index is 0.105. The highest BCUT2D eigenvalue weighted by Crippen LogP contribution is 2.11. The number of hydrogen-bond donors (Lipinski definition) is 2. The van der Waals surface area contributed by atoms with Gasteiger partial charge in [0, 0.05) is 12.1 Å². The largest absolute Gasteiger partial charge is 0.429 e. The van der Waals surface area contributed by atoms with E-state index in [2.05, 4.69) is 15.6 Å². The Kier molecular flexibility index (Phi) is 4.72. The van der Waals surface area contributed by atoms with Gasteiger partial charge in [0.05, 0.1) is 11.1 Å². The summed E-state index contributed by atoms with van der Waals surface area (Å²) in [4.78, 5) is 28.6. The maximum atomic E-state index is 12.1. The van der Waals surface area contributed by atoms with Crippen molar-refractivity contribution in [2.45, 2.75) is 13.5 Å². The monoisotopic (exact) mass is 341 g/mol. The molecule has 0 radical (unpaired) electrons. The minimum atomic E-state index is -0.300. The average Bonchev–Trinajstić information content (AvgIpc) is 3.25. The van der Waals surface area contributed by atoms with E-state index < -0.39 is 0 Å². The zero-order valence-electron chi connectivity index (χ0n) is 12.9. The van der Waals surface area contributed by atoms with Gasteiger partial charge in [0.25, 0.3) is 11.8 Å². The van der Waals surface area contributed by atoms with Gasteiger partial charge in [-0.1, -0.05) is 18.2 Å². The van der Waals surface area contributed by atoms with E-state index >= 15 is 0 Å². The Morgan fingerprint density at radius 3 is 2.58 bits per heavy atom. The maximum absolute atomic E-state index is 12.1. The number of amides is 2. The summed E-state index contributed by atoms with van der Waals surface area (Å²) in [6.07, 6.45) is 1.54. The predicted octanol–water partition coefficient (Wildman–Crippen LogP) is 3.23. The summed E-state index contributed by atoms with van der Waals surface area (Å²) in [6, 6.07) is 10.8. The van der Waals surface area contributed by atoms with Crippen molar-refractivity contribution in [3.63, 3.8) is 0 Å². The van der Waals surface area contributed by atoms with Gasteiger partial charge >= 0.3 is 6.01 Å². The van der Waals surface area contributed by atoms with Gasteiger partial charge in [0.15, 0.2) is 0 Å². The molecule has 3 aromatic rings. The molecule has 0 bridgehead atoms. The van der Waals surface area contributed by atoms with Crippen molar-refractivity contribution in [1.82, 2.24) is 10.3 Å². The van der Waals surface area contributed by atoms with E-state index in [0.29, 0.717) is 22.7 Å². The number of aromatic nitrogens is 1. The fourth-order valence-corrected chi connectivity index (χ4v) is 2.67. The molecular formula is C17H15N3O3S. The van der Waals surface area contributed by atoms with Crippen LogP contribution in [0.3, 0.4) is 0 Å². The van der Waals surface area contributed by atoms with Crippen LogP contribution < -0.4 is 10.6 Å². The Bertz CT molecular complexity index is 838. The third-order valence-corrected chi connectivity index (χ3v) is 4.12. The number of oxazole rings is 1. The van der Waals surface area contributed by atoms with Crippen LogP contribution in [0, 0.1) is 6.92 Å². The molecule has 2 heterocycles. The van der Waals surface area contributed by atoms with Crippen molar-refractivity contribution >= 4 is 29.2 Å². The second kappa shape index (κ2) is 7.10. The second-order valence-corrected chi connectivity index (χ2v) is 6.03. The smallest absolute Gasteiger partial charge is 0.301 e. The van der Waals surface area contributed by atoms with Crippen molar-refractivity contribution in [2.75, 3.05) is 5.32 Å². The van der Waals surface area contributed by atoms with E-state index in [0.717, 1.165) is 5.56 Å². The summed E-state index contributed by atoms with van der Waals surface area (Å²) in [5, 5.41) is 7.28. The van der Waals surface area contributed by atoms with Crippen molar-refractivity contribution in [3.05, 3.63) is 69.7 Å². The molecule has 122 valence electrons. The van der Waals surface area contributed by atoms with E-state index in [1.807, 2.05) is 11.4 Å². The Hall–Kier alpha value is -2.93. The van der Waals surface area contributed by atoms with Crippen LogP contribution in [-0.4, -0.2) is 16.8 Å². The third-order valence-electron chi connectivity index (χ3n) is 3.26. The van der Waals surface area contributed by atoms with Crippen LogP contribution in [0.4, 0.5) is 6.01 Å². The molecular weight excluding hydrogens is 326 g/mol. The zero-order chi connectivity index (χ0) is 16.9. The fraction of sp³-hybridized carbons (Fsp3) is 0.118. The Morgan fingerprint density at radius 1 is 1.17 bits per heavy atom. The van der Waals surface area contributed by atoms with Crippen LogP contribution in [-0.2, 0) is 6.54 Å². The van der Waals surface area contributed by atoms with Crippen molar-refractivity contribution in [2.24, 2.45) is 0 Å². The lowest BCUT2D eigenvalue weighted by Crippen LogP contribution is -2.21. The van der Waals surface area contributed by atoms with Gasteiger partial charge in [0.1, 0.15) is 5.76 Å². The van der Waals surface area contributed by atoms with Gasteiger partial charge in [-0.15, -0.1) is 11.3 Å². The molecule has 0 saturated carbocycles. The summed E-state index contributed by atoms with van der Waals surface area (Å²) in [5.74, 6) is 0.222. The molecule has 0 aliphatic rings. The summed E-state index contributed by atoms with van der Waals surface area (Å²) in [7, 11) is 0. The van der Waals surface area contributed by atoms with Crippen LogP contribution in [0.5, 0.6) is 0 Å². The SMILES string of the molecule is Cc1cnc(NC(=O)c2ccc(CNC(=O)c3cccs3)cc2)o1. The number of benzene rings is 1. The Balaban J connectivity index is 1.56. The van der Waals surface area contributed by atoms with Gasteiger partial charge in [-0.05, 0) is 36.1 Å². The summed E-state index contributed by atoms with van der Waals surface area (Å²) in [6.45, 7) is 2.15. The number of rotatable bonds is 5. The first-order valence-corrected chi connectivity index (χ1v) is 8.14. The van der Waals surface area contributed by atoms with Crippen LogP contribution in [0.15, 0.2) is 52.4 Å². The quantitative estimate of drug-likeness (QED) is 0.746. The fourth-order valence-electron chi connectivity index (χ4n) is 2.03. The van der Waals surface area contributed by atoms with Crippen molar-refractivity contribution in [3.8, 4) is 0 Å². The number of anilines is 1. The standard InChI is InChI=1S/C17H15N3O3S/c1-11-9-19-17(23-11)20-15(21)13-6-4-12(5-7-13)10-18-16(22)14-3-2-8-24-14/h2-9H,10H2,1H3,(H,18,22)(H,19,20,21). The highest BCUT2D eigenvalue weighted by molar-refractivity contribution is 7.12. The number of nitrogens with one attached hydrogen (secondary N) is 2. The molecule has 3 rings (SSSR count). The normalized spacial score (nSPS) is 10.4. The van der Waals surface area contributed by atoms with Gasteiger partial charge < -0.3 is 9.73 Å². The average molecular weight is 341 g/mol. The number of hydrogen-bond acceptors (Lipinski definition) is 5.